The number of H-pyrrole nitrogens is 1. The molecule has 0 aliphatic heterocycles. The van der Waals surface area contributed by atoms with Crippen LogP contribution in [0.5, 0.6) is 0 Å². The smallest absolute Gasteiger partial charge is 0.271 e. The van der Waals surface area contributed by atoms with Crippen LogP contribution in [0.15, 0.2) is 24.3 Å². The lowest BCUT2D eigenvalue weighted by Gasteiger charge is -2.08. The second kappa shape index (κ2) is 10.2. The number of nitrogens with one attached hydrogen (secondary N) is 3. The number of tetrazole rings is 1. The number of aromatic nitrogens is 6. The Labute approximate surface area is 178 Å². The quantitative estimate of drug-likeness (QED) is 0.421. The Morgan fingerprint density at radius 3 is 2.93 bits per heavy atom. The van der Waals surface area contributed by atoms with E-state index in [1.165, 1.54) is 0 Å². The van der Waals surface area contributed by atoms with Gasteiger partial charge in [-0.15, -0.1) is 5.10 Å². The number of hydrogen-bond donors (Lipinski definition) is 3. The van der Waals surface area contributed by atoms with Crippen LogP contribution in [0.3, 0.4) is 0 Å². The molecule has 2 aromatic heterocycles. The van der Waals surface area contributed by atoms with Crippen LogP contribution in [-0.4, -0.2) is 49.2 Å². The van der Waals surface area contributed by atoms with Gasteiger partial charge >= 0.3 is 0 Å². The van der Waals surface area contributed by atoms with Crippen LogP contribution >= 0.6 is 23.2 Å². The summed E-state index contributed by atoms with van der Waals surface area (Å²) < 4.78 is 1.73. The second-order valence-corrected chi connectivity index (χ2v) is 7.21. The fraction of sp³-hybridized carbons (Fsp3) is 0.389. The predicted octanol–water partition coefficient (Wildman–Crippen LogP) is 2.94. The van der Waals surface area contributed by atoms with E-state index in [1.807, 2.05) is 31.2 Å². The molecule has 0 spiro atoms. The number of benzene rings is 1. The fourth-order valence-corrected chi connectivity index (χ4v) is 3.14. The molecule has 3 N–H and O–H groups in total. The van der Waals surface area contributed by atoms with Crippen LogP contribution in [0.25, 0.3) is 0 Å². The summed E-state index contributed by atoms with van der Waals surface area (Å²) in [6.45, 7) is 3.77. The van der Waals surface area contributed by atoms with E-state index in [4.69, 9.17) is 23.2 Å². The average Bonchev–Trinajstić information content (AvgIpc) is 3.29. The van der Waals surface area contributed by atoms with Gasteiger partial charge in [-0.2, -0.15) is 0 Å². The minimum Gasteiger partial charge on any atom is -0.368 e. The number of aromatic amines is 1. The first-order valence-corrected chi connectivity index (χ1v) is 10.1. The third-order valence-corrected chi connectivity index (χ3v) is 4.55. The van der Waals surface area contributed by atoms with Gasteiger partial charge in [0.25, 0.3) is 5.91 Å². The van der Waals surface area contributed by atoms with Crippen molar-refractivity contribution in [1.82, 2.24) is 35.5 Å². The molecule has 1 aromatic carbocycles. The molecule has 2 heterocycles. The van der Waals surface area contributed by atoms with Gasteiger partial charge in [0.05, 0.1) is 0 Å². The summed E-state index contributed by atoms with van der Waals surface area (Å²) in [6, 6.07) is 7.59. The van der Waals surface area contributed by atoms with Crippen molar-refractivity contribution in [2.24, 2.45) is 0 Å². The fourth-order valence-electron chi connectivity index (χ4n) is 2.75. The van der Waals surface area contributed by atoms with Crippen molar-refractivity contribution < 1.29 is 4.79 Å². The van der Waals surface area contributed by atoms with Gasteiger partial charge in [0.1, 0.15) is 5.69 Å². The van der Waals surface area contributed by atoms with Gasteiger partial charge in [-0.3, -0.25) is 4.79 Å². The first-order valence-electron chi connectivity index (χ1n) is 9.34. The van der Waals surface area contributed by atoms with Gasteiger partial charge in [0.2, 0.25) is 5.28 Å². The van der Waals surface area contributed by atoms with Crippen LogP contribution in [0.4, 0.5) is 5.82 Å². The maximum atomic E-state index is 12.4. The Morgan fingerprint density at radius 1 is 1.28 bits per heavy atom. The van der Waals surface area contributed by atoms with Crippen LogP contribution in [-0.2, 0) is 13.0 Å². The first kappa shape index (κ1) is 21.1. The van der Waals surface area contributed by atoms with Gasteiger partial charge in [-0.05, 0) is 52.6 Å². The number of aryl methyl sites for hydroxylation is 1. The maximum absolute atomic E-state index is 12.4. The summed E-state index contributed by atoms with van der Waals surface area (Å²) in [7, 11) is 0. The van der Waals surface area contributed by atoms with Crippen LogP contribution in [0, 0.1) is 0 Å². The Hall–Kier alpha value is -2.65. The zero-order valence-electron chi connectivity index (χ0n) is 16.0. The average molecular weight is 437 g/mol. The van der Waals surface area contributed by atoms with Crippen molar-refractivity contribution in [2.45, 2.75) is 32.7 Å². The van der Waals surface area contributed by atoms with E-state index in [0.29, 0.717) is 49.0 Å². The Kier molecular flexibility index (Phi) is 7.42. The summed E-state index contributed by atoms with van der Waals surface area (Å²) in [5, 5.41) is 18.7. The number of amides is 1. The zero-order valence-corrected chi connectivity index (χ0v) is 17.5. The summed E-state index contributed by atoms with van der Waals surface area (Å²) in [5.41, 5.74) is 1.36. The van der Waals surface area contributed by atoms with E-state index in [1.54, 1.807) is 4.68 Å². The van der Waals surface area contributed by atoms with Gasteiger partial charge in [0, 0.05) is 31.1 Å². The zero-order chi connectivity index (χ0) is 20.6. The lowest BCUT2D eigenvalue weighted by molar-refractivity contribution is 0.0949. The minimum absolute atomic E-state index is 0.174. The molecule has 0 aliphatic rings. The summed E-state index contributed by atoms with van der Waals surface area (Å²) in [4.78, 5) is 19.3. The minimum atomic E-state index is -0.265. The van der Waals surface area contributed by atoms with Gasteiger partial charge < -0.3 is 15.6 Å². The van der Waals surface area contributed by atoms with E-state index in [2.05, 4.69) is 36.1 Å². The molecule has 0 saturated heterocycles. The molecule has 0 atom stereocenters. The van der Waals surface area contributed by atoms with Crippen molar-refractivity contribution in [3.8, 4) is 0 Å². The molecule has 0 fully saturated rings. The van der Waals surface area contributed by atoms with Crippen LogP contribution < -0.4 is 10.6 Å². The first-order chi connectivity index (χ1) is 14.1. The summed E-state index contributed by atoms with van der Waals surface area (Å²) in [6.07, 6.45) is 2.16. The molecule has 0 radical (unpaired) electrons. The van der Waals surface area contributed by atoms with E-state index in [9.17, 15) is 4.79 Å². The molecule has 0 bridgehead atoms. The molecule has 3 rings (SSSR count). The molecule has 154 valence electrons. The van der Waals surface area contributed by atoms with Gasteiger partial charge in [-0.1, -0.05) is 30.7 Å². The summed E-state index contributed by atoms with van der Waals surface area (Å²) in [5.74, 6) is 0.933. The number of anilines is 1. The van der Waals surface area contributed by atoms with E-state index >= 15 is 0 Å². The van der Waals surface area contributed by atoms with Gasteiger partial charge in [0.15, 0.2) is 11.6 Å². The molecule has 0 saturated carbocycles. The standard InChI is InChI=1S/C18H22Cl2N8O/c1-2-7-21-16-15(23-18(20)24-16)17(29)22-8-4-9-28-14(25-26-27-28)11-12-5-3-6-13(19)10-12/h3,5-6,10,21H,2,4,7-9,11H2,1H3,(H,22,29)(H,23,24). The molecule has 29 heavy (non-hydrogen) atoms. The Morgan fingerprint density at radius 2 is 2.14 bits per heavy atom. The number of halogens is 2. The number of imidazole rings is 1. The van der Waals surface area contributed by atoms with E-state index in [-0.39, 0.29) is 11.2 Å². The molecule has 0 unspecified atom stereocenters. The summed E-state index contributed by atoms with van der Waals surface area (Å²) >= 11 is 11.9. The number of carbonyl (C=O) groups is 1. The molecule has 11 heteroatoms. The highest BCUT2D eigenvalue weighted by Crippen LogP contribution is 2.16. The van der Waals surface area contributed by atoms with Crippen LogP contribution in [0.1, 0.15) is 41.6 Å². The highest BCUT2D eigenvalue weighted by molar-refractivity contribution is 6.30. The van der Waals surface area contributed by atoms with Crippen molar-refractivity contribution in [3.63, 3.8) is 0 Å². The van der Waals surface area contributed by atoms with Crippen LogP contribution in [0.2, 0.25) is 10.3 Å². The third-order valence-electron chi connectivity index (χ3n) is 4.13. The van der Waals surface area contributed by atoms with Crippen molar-refractivity contribution in [3.05, 3.63) is 51.7 Å². The SMILES string of the molecule is CCCNc1nc(Cl)[nH]c1C(=O)NCCCn1nnnc1Cc1cccc(Cl)c1. The molecular formula is C18H22Cl2N8O. The largest absolute Gasteiger partial charge is 0.368 e. The molecule has 1 amide bonds. The molecule has 9 nitrogen and oxygen atoms in total. The Balaban J connectivity index is 1.50. The number of rotatable bonds is 10. The lowest BCUT2D eigenvalue weighted by Crippen LogP contribution is -2.26. The third kappa shape index (κ3) is 5.91. The van der Waals surface area contributed by atoms with Gasteiger partial charge in [-0.25, -0.2) is 9.67 Å². The lowest BCUT2D eigenvalue weighted by atomic mass is 10.1. The second-order valence-electron chi connectivity index (χ2n) is 6.41. The Bertz CT molecular complexity index is 955. The maximum Gasteiger partial charge on any atom is 0.271 e. The van der Waals surface area contributed by atoms with Crippen molar-refractivity contribution in [2.75, 3.05) is 18.4 Å². The van der Waals surface area contributed by atoms with E-state index in [0.717, 1.165) is 17.8 Å². The topological polar surface area (TPSA) is 113 Å². The molecular weight excluding hydrogens is 415 g/mol. The van der Waals surface area contributed by atoms with Crippen molar-refractivity contribution >= 4 is 34.9 Å². The number of carbonyl (C=O) groups excluding carboxylic acids is 1. The van der Waals surface area contributed by atoms with E-state index < -0.39 is 0 Å². The molecule has 3 aromatic rings. The highest BCUT2D eigenvalue weighted by Gasteiger charge is 2.16. The highest BCUT2D eigenvalue weighted by atomic mass is 35.5. The number of hydrogen-bond acceptors (Lipinski definition) is 6. The predicted molar refractivity (Wildman–Crippen MR) is 111 cm³/mol. The van der Waals surface area contributed by atoms with Crippen molar-refractivity contribution in [1.29, 1.82) is 0 Å². The number of nitrogens with zero attached hydrogens (tertiary/aromatic N) is 5. The normalized spacial score (nSPS) is 10.9. The monoisotopic (exact) mass is 436 g/mol. The molecule has 0 aliphatic carbocycles.